The van der Waals surface area contributed by atoms with Gasteiger partial charge in [-0.2, -0.15) is 13.2 Å². The Morgan fingerprint density at radius 2 is 2.10 bits per heavy atom. The number of nitrogens with zero attached hydrogens (tertiary/aromatic N) is 1. The number of H-pyrrole nitrogens is 1. The number of urea groups is 1. The summed E-state index contributed by atoms with van der Waals surface area (Å²) in [6, 6.07) is 5.85. The van der Waals surface area contributed by atoms with Gasteiger partial charge in [0.2, 0.25) is 0 Å². The first-order valence-corrected chi connectivity index (χ1v) is 5.91. The quantitative estimate of drug-likeness (QED) is 0.811. The van der Waals surface area contributed by atoms with E-state index in [-0.39, 0.29) is 0 Å². The number of para-hydroxylation sites is 2. The molecule has 8 heteroatoms. The highest BCUT2D eigenvalue weighted by Gasteiger charge is 2.28. The summed E-state index contributed by atoms with van der Waals surface area (Å²) in [5.74, 6) is 0.480. The molecule has 1 aromatic carbocycles. The lowest BCUT2D eigenvalue weighted by Crippen LogP contribution is -2.41. The van der Waals surface area contributed by atoms with Gasteiger partial charge in [-0.25, -0.2) is 9.78 Å². The molecule has 1 unspecified atom stereocenters. The van der Waals surface area contributed by atoms with Crippen LogP contribution in [0.5, 0.6) is 0 Å². The molecular formula is C12H13F3N4O. The third kappa shape index (κ3) is 3.62. The van der Waals surface area contributed by atoms with Crippen LogP contribution in [0.4, 0.5) is 18.0 Å². The highest BCUT2D eigenvalue weighted by molar-refractivity contribution is 5.76. The number of amides is 2. The van der Waals surface area contributed by atoms with E-state index in [4.69, 9.17) is 0 Å². The summed E-state index contributed by atoms with van der Waals surface area (Å²) in [7, 11) is 0. The van der Waals surface area contributed by atoms with Gasteiger partial charge in [0.25, 0.3) is 0 Å². The Labute approximate surface area is 112 Å². The van der Waals surface area contributed by atoms with E-state index in [9.17, 15) is 18.0 Å². The van der Waals surface area contributed by atoms with E-state index in [2.05, 4.69) is 15.3 Å². The van der Waals surface area contributed by atoms with E-state index in [1.165, 1.54) is 0 Å². The molecule has 1 heterocycles. The second kappa shape index (κ2) is 5.40. The fourth-order valence-electron chi connectivity index (χ4n) is 1.67. The summed E-state index contributed by atoms with van der Waals surface area (Å²) < 4.78 is 35.9. The normalized spacial score (nSPS) is 13.2. The predicted molar refractivity (Wildman–Crippen MR) is 67.1 cm³/mol. The molecule has 0 aliphatic rings. The number of aromatic nitrogens is 2. The Morgan fingerprint density at radius 1 is 1.40 bits per heavy atom. The van der Waals surface area contributed by atoms with Gasteiger partial charge in [-0.15, -0.1) is 0 Å². The molecule has 1 aromatic heterocycles. The molecule has 0 spiro atoms. The van der Waals surface area contributed by atoms with Gasteiger partial charge < -0.3 is 15.6 Å². The average Bonchev–Trinajstić information content (AvgIpc) is 2.79. The molecule has 5 nitrogen and oxygen atoms in total. The van der Waals surface area contributed by atoms with E-state index in [1.807, 2.05) is 18.2 Å². The highest BCUT2D eigenvalue weighted by atomic mass is 19.4. The summed E-state index contributed by atoms with van der Waals surface area (Å²) in [5.41, 5.74) is 1.53. The first kappa shape index (κ1) is 14.2. The van der Waals surface area contributed by atoms with Gasteiger partial charge in [-0.1, -0.05) is 12.1 Å². The van der Waals surface area contributed by atoms with Crippen molar-refractivity contribution in [1.82, 2.24) is 20.6 Å². The van der Waals surface area contributed by atoms with Crippen molar-refractivity contribution in [1.29, 1.82) is 0 Å². The number of fused-ring (bicyclic) bond motifs is 1. The number of aromatic amines is 1. The van der Waals surface area contributed by atoms with Gasteiger partial charge in [-0.05, 0) is 19.1 Å². The van der Waals surface area contributed by atoms with Gasteiger partial charge in [0.05, 0.1) is 17.1 Å². The maximum Gasteiger partial charge on any atom is 0.405 e. The molecule has 0 fully saturated rings. The fraction of sp³-hybridized carbons (Fsp3) is 0.333. The monoisotopic (exact) mass is 286 g/mol. The second-order valence-electron chi connectivity index (χ2n) is 4.30. The molecule has 2 aromatic rings. The molecule has 3 N–H and O–H groups in total. The number of benzene rings is 1. The number of hydrogen-bond donors (Lipinski definition) is 3. The SMILES string of the molecule is CC(NC(=O)NCC(F)(F)F)c1nc2ccccc2[nH]1. The Balaban J connectivity index is 1.97. The lowest BCUT2D eigenvalue weighted by atomic mass is 10.3. The van der Waals surface area contributed by atoms with E-state index >= 15 is 0 Å². The molecule has 0 saturated heterocycles. The van der Waals surface area contributed by atoms with Crippen LogP contribution >= 0.6 is 0 Å². The molecule has 0 aliphatic heterocycles. The van der Waals surface area contributed by atoms with Crippen molar-refractivity contribution in [2.45, 2.75) is 19.1 Å². The zero-order valence-corrected chi connectivity index (χ0v) is 10.6. The third-order valence-corrected chi connectivity index (χ3v) is 2.61. The topological polar surface area (TPSA) is 69.8 Å². The lowest BCUT2D eigenvalue weighted by molar-refractivity contribution is -0.122. The zero-order valence-electron chi connectivity index (χ0n) is 10.6. The number of imidazole rings is 1. The van der Waals surface area contributed by atoms with Crippen LogP contribution in [-0.2, 0) is 0 Å². The summed E-state index contributed by atoms with van der Waals surface area (Å²) in [6.07, 6.45) is -4.43. The van der Waals surface area contributed by atoms with Gasteiger partial charge in [0.15, 0.2) is 0 Å². The van der Waals surface area contributed by atoms with Crippen molar-refractivity contribution in [2.24, 2.45) is 0 Å². The number of rotatable bonds is 3. The van der Waals surface area contributed by atoms with Crippen LogP contribution in [0.3, 0.4) is 0 Å². The third-order valence-electron chi connectivity index (χ3n) is 2.61. The molecule has 0 radical (unpaired) electrons. The maximum atomic E-state index is 12.0. The Bertz CT molecular complexity index is 575. The molecule has 2 rings (SSSR count). The van der Waals surface area contributed by atoms with E-state index in [1.54, 1.807) is 18.3 Å². The Kier molecular flexibility index (Phi) is 3.82. The van der Waals surface area contributed by atoms with Gasteiger partial charge in [0, 0.05) is 0 Å². The van der Waals surface area contributed by atoms with Crippen molar-refractivity contribution in [3.8, 4) is 0 Å². The first-order valence-electron chi connectivity index (χ1n) is 5.91. The largest absolute Gasteiger partial charge is 0.405 e. The number of hydrogen-bond acceptors (Lipinski definition) is 2. The van der Waals surface area contributed by atoms with E-state index < -0.39 is 24.8 Å². The van der Waals surface area contributed by atoms with Gasteiger partial charge in [-0.3, -0.25) is 0 Å². The number of nitrogens with one attached hydrogen (secondary N) is 3. The lowest BCUT2D eigenvalue weighted by Gasteiger charge is -2.13. The van der Waals surface area contributed by atoms with Crippen molar-refractivity contribution in [2.75, 3.05) is 6.54 Å². The van der Waals surface area contributed by atoms with Crippen molar-refractivity contribution in [3.63, 3.8) is 0 Å². The fourth-order valence-corrected chi connectivity index (χ4v) is 1.67. The van der Waals surface area contributed by atoms with Crippen molar-refractivity contribution < 1.29 is 18.0 Å². The highest BCUT2D eigenvalue weighted by Crippen LogP contribution is 2.15. The maximum absolute atomic E-state index is 12.0. The van der Waals surface area contributed by atoms with Gasteiger partial charge in [0.1, 0.15) is 12.4 Å². The number of carbonyl (C=O) groups is 1. The molecule has 108 valence electrons. The predicted octanol–water partition coefficient (Wildman–Crippen LogP) is 2.49. The van der Waals surface area contributed by atoms with Crippen LogP contribution in [0, 0.1) is 0 Å². The average molecular weight is 286 g/mol. The van der Waals surface area contributed by atoms with E-state index in [0.29, 0.717) is 5.82 Å². The molecule has 0 aliphatic carbocycles. The zero-order chi connectivity index (χ0) is 14.8. The summed E-state index contributed by atoms with van der Waals surface area (Å²) in [4.78, 5) is 18.6. The summed E-state index contributed by atoms with van der Waals surface area (Å²) in [5, 5.41) is 4.13. The van der Waals surface area contributed by atoms with Crippen LogP contribution in [0.25, 0.3) is 11.0 Å². The minimum atomic E-state index is -4.43. The minimum Gasteiger partial charge on any atom is -0.340 e. The van der Waals surface area contributed by atoms with Crippen LogP contribution in [0.2, 0.25) is 0 Å². The Hall–Kier alpha value is -2.25. The molecule has 20 heavy (non-hydrogen) atoms. The minimum absolute atomic E-state index is 0.480. The first-order chi connectivity index (χ1) is 9.35. The van der Waals surface area contributed by atoms with Crippen molar-refractivity contribution >= 4 is 17.1 Å². The smallest absolute Gasteiger partial charge is 0.340 e. The molecule has 2 amide bonds. The van der Waals surface area contributed by atoms with Crippen LogP contribution < -0.4 is 10.6 Å². The molecular weight excluding hydrogens is 273 g/mol. The Morgan fingerprint density at radius 3 is 2.75 bits per heavy atom. The second-order valence-corrected chi connectivity index (χ2v) is 4.30. The van der Waals surface area contributed by atoms with Gasteiger partial charge >= 0.3 is 12.2 Å². The van der Waals surface area contributed by atoms with Crippen LogP contribution in [-0.4, -0.2) is 28.7 Å². The molecule has 0 bridgehead atoms. The molecule has 1 atom stereocenters. The summed E-state index contributed by atoms with van der Waals surface area (Å²) in [6.45, 7) is 0.260. The van der Waals surface area contributed by atoms with Crippen LogP contribution in [0.1, 0.15) is 18.8 Å². The number of halogens is 3. The summed E-state index contributed by atoms with van der Waals surface area (Å²) >= 11 is 0. The van der Waals surface area contributed by atoms with E-state index in [0.717, 1.165) is 11.0 Å². The number of carbonyl (C=O) groups excluding carboxylic acids is 1. The number of alkyl halides is 3. The standard InChI is InChI=1S/C12H13F3N4O/c1-7(17-11(20)16-6-12(13,14)15)10-18-8-4-2-3-5-9(8)19-10/h2-5,7H,6H2,1H3,(H,18,19)(H2,16,17,20). The van der Waals surface area contributed by atoms with Crippen LogP contribution in [0.15, 0.2) is 24.3 Å². The molecule has 0 saturated carbocycles. The van der Waals surface area contributed by atoms with Crippen molar-refractivity contribution in [3.05, 3.63) is 30.1 Å².